The van der Waals surface area contributed by atoms with E-state index in [1.807, 2.05) is 18.4 Å². The fraction of sp³-hybridized carbons (Fsp3) is 0.526. The molecule has 21 heavy (non-hydrogen) atoms. The Morgan fingerprint density at radius 3 is 2.95 bits per heavy atom. The standard InChI is InChI=1S/C19H23NS/c1-12-4-5-16-14(8-12)10-17(21-16)18-15(20-3)9-13-6-7-19(18,2)11-13/h4-5,8,10,13,18H,6-7,9,11H2,1-3H3. The maximum absolute atomic E-state index is 4.70. The minimum Gasteiger partial charge on any atom is -0.297 e. The van der Waals surface area contributed by atoms with E-state index in [1.165, 1.54) is 47.0 Å². The first-order valence-electron chi connectivity index (χ1n) is 8.05. The van der Waals surface area contributed by atoms with E-state index in [0.29, 0.717) is 11.3 Å². The Kier molecular flexibility index (Phi) is 3.01. The van der Waals surface area contributed by atoms with Gasteiger partial charge in [0.1, 0.15) is 0 Å². The average Bonchev–Trinajstić information content (AvgIpc) is 2.99. The summed E-state index contributed by atoms with van der Waals surface area (Å²) in [5.74, 6) is 1.44. The smallest absolute Gasteiger partial charge is 0.0367 e. The largest absolute Gasteiger partial charge is 0.297 e. The normalized spacial score (nSPS) is 34.0. The molecule has 3 unspecified atom stereocenters. The van der Waals surface area contributed by atoms with Crippen molar-refractivity contribution in [2.24, 2.45) is 16.3 Å². The van der Waals surface area contributed by atoms with E-state index in [4.69, 9.17) is 4.99 Å². The van der Waals surface area contributed by atoms with Gasteiger partial charge in [-0.3, -0.25) is 4.99 Å². The van der Waals surface area contributed by atoms with Gasteiger partial charge in [0, 0.05) is 28.3 Å². The van der Waals surface area contributed by atoms with Crippen LogP contribution >= 0.6 is 11.3 Å². The van der Waals surface area contributed by atoms with Crippen LogP contribution in [0.15, 0.2) is 29.3 Å². The summed E-state index contributed by atoms with van der Waals surface area (Å²) >= 11 is 1.99. The summed E-state index contributed by atoms with van der Waals surface area (Å²) in [7, 11) is 1.99. The highest BCUT2D eigenvalue weighted by Gasteiger charge is 2.49. The maximum atomic E-state index is 4.70. The quantitative estimate of drug-likeness (QED) is 0.652. The summed E-state index contributed by atoms with van der Waals surface area (Å²) in [6.07, 6.45) is 5.39. The second kappa shape index (κ2) is 4.67. The van der Waals surface area contributed by atoms with E-state index in [9.17, 15) is 0 Å². The summed E-state index contributed by atoms with van der Waals surface area (Å²) < 4.78 is 1.43. The highest BCUT2D eigenvalue weighted by Crippen LogP contribution is 2.58. The van der Waals surface area contributed by atoms with E-state index in [1.54, 1.807) is 4.88 Å². The van der Waals surface area contributed by atoms with Crippen LogP contribution in [0.25, 0.3) is 10.1 Å². The number of benzene rings is 1. The zero-order valence-corrected chi connectivity index (χ0v) is 14.0. The Hall–Kier alpha value is -1.15. The number of nitrogens with zero attached hydrogens (tertiary/aromatic N) is 1. The third-order valence-corrected chi connectivity index (χ3v) is 6.85. The van der Waals surface area contributed by atoms with Crippen molar-refractivity contribution < 1.29 is 0 Å². The molecule has 0 saturated heterocycles. The van der Waals surface area contributed by atoms with Gasteiger partial charge in [-0.05, 0) is 61.5 Å². The molecule has 1 aromatic carbocycles. The number of rotatable bonds is 1. The van der Waals surface area contributed by atoms with Gasteiger partial charge in [-0.1, -0.05) is 24.6 Å². The van der Waals surface area contributed by atoms with Gasteiger partial charge in [-0.15, -0.1) is 11.3 Å². The van der Waals surface area contributed by atoms with Crippen LogP contribution in [0.2, 0.25) is 0 Å². The van der Waals surface area contributed by atoms with Gasteiger partial charge >= 0.3 is 0 Å². The van der Waals surface area contributed by atoms with Gasteiger partial charge in [0.15, 0.2) is 0 Å². The lowest BCUT2D eigenvalue weighted by Crippen LogP contribution is -2.33. The van der Waals surface area contributed by atoms with E-state index in [0.717, 1.165) is 5.92 Å². The Morgan fingerprint density at radius 1 is 1.29 bits per heavy atom. The minimum absolute atomic E-state index is 0.438. The molecule has 110 valence electrons. The van der Waals surface area contributed by atoms with Gasteiger partial charge < -0.3 is 0 Å². The molecule has 0 amide bonds. The molecule has 4 rings (SSSR count). The number of fused-ring (bicyclic) bond motifs is 3. The Bertz CT molecular complexity index is 726. The van der Waals surface area contributed by atoms with E-state index in [2.05, 4.69) is 38.1 Å². The highest BCUT2D eigenvalue weighted by molar-refractivity contribution is 7.19. The summed E-state index contributed by atoms with van der Waals surface area (Å²) in [5.41, 5.74) is 3.25. The molecule has 1 aromatic heterocycles. The molecule has 2 aliphatic carbocycles. The van der Waals surface area contributed by atoms with Crippen LogP contribution in [0.4, 0.5) is 0 Å². The molecule has 2 heteroatoms. The molecule has 2 aliphatic rings. The molecular weight excluding hydrogens is 274 g/mol. The molecule has 2 fully saturated rings. The topological polar surface area (TPSA) is 12.4 Å². The average molecular weight is 297 g/mol. The molecule has 0 aliphatic heterocycles. The van der Waals surface area contributed by atoms with Gasteiger partial charge in [0.25, 0.3) is 0 Å². The predicted octanol–water partition coefficient (Wildman–Crippen LogP) is 5.57. The van der Waals surface area contributed by atoms with Crippen LogP contribution < -0.4 is 0 Å². The van der Waals surface area contributed by atoms with Crippen molar-refractivity contribution in [3.05, 3.63) is 34.7 Å². The summed E-state index contributed by atoms with van der Waals surface area (Å²) in [5, 5.41) is 1.41. The Morgan fingerprint density at radius 2 is 2.14 bits per heavy atom. The first-order valence-corrected chi connectivity index (χ1v) is 8.86. The fourth-order valence-electron chi connectivity index (χ4n) is 4.70. The molecule has 0 N–H and O–H groups in total. The van der Waals surface area contributed by atoms with Gasteiger partial charge in [-0.25, -0.2) is 0 Å². The van der Waals surface area contributed by atoms with Crippen LogP contribution in [0.5, 0.6) is 0 Å². The fourth-order valence-corrected chi connectivity index (χ4v) is 6.05. The lowest BCUT2D eigenvalue weighted by atomic mass is 9.67. The van der Waals surface area contributed by atoms with Crippen LogP contribution in [-0.2, 0) is 0 Å². The van der Waals surface area contributed by atoms with Crippen molar-refractivity contribution >= 4 is 27.1 Å². The van der Waals surface area contributed by atoms with Crippen molar-refractivity contribution in [1.29, 1.82) is 0 Å². The van der Waals surface area contributed by atoms with Crippen molar-refractivity contribution in [3.8, 4) is 0 Å². The second-order valence-corrected chi connectivity index (χ2v) is 8.42. The number of aryl methyl sites for hydroxylation is 1. The summed E-state index contributed by atoms with van der Waals surface area (Å²) in [6.45, 7) is 4.68. The predicted molar refractivity (Wildman–Crippen MR) is 92.7 cm³/mol. The third-order valence-electron chi connectivity index (χ3n) is 5.67. The second-order valence-electron chi connectivity index (χ2n) is 7.30. The monoisotopic (exact) mass is 297 g/mol. The van der Waals surface area contributed by atoms with E-state index >= 15 is 0 Å². The van der Waals surface area contributed by atoms with Gasteiger partial charge in [0.05, 0.1) is 0 Å². The molecule has 1 heterocycles. The van der Waals surface area contributed by atoms with Crippen LogP contribution in [0.3, 0.4) is 0 Å². The minimum atomic E-state index is 0.438. The number of aliphatic imine (C=N–C) groups is 1. The molecule has 1 nitrogen and oxygen atoms in total. The van der Waals surface area contributed by atoms with Gasteiger partial charge in [0.2, 0.25) is 0 Å². The molecule has 0 radical (unpaired) electrons. The first-order chi connectivity index (χ1) is 10.1. The van der Waals surface area contributed by atoms with Gasteiger partial charge in [-0.2, -0.15) is 0 Å². The zero-order valence-electron chi connectivity index (χ0n) is 13.1. The lowest BCUT2D eigenvalue weighted by molar-refractivity contribution is 0.279. The molecule has 2 aromatic rings. The number of hydrogen-bond donors (Lipinski definition) is 0. The summed E-state index contributed by atoms with van der Waals surface area (Å²) in [4.78, 5) is 6.24. The lowest BCUT2D eigenvalue weighted by Gasteiger charge is -2.38. The number of thiophene rings is 1. The van der Waals surface area contributed by atoms with Crippen molar-refractivity contribution in [1.82, 2.24) is 0 Å². The Labute approximate surface area is 131 Å². The third kappa shape index (κ3) is 2.07. The molecule has 0 spiro atoms. The van der Waals surface area contributed by atoms with Crippen molar-refractivity contribution in [2.45, 2.75) is 45.4 Å². The molecule has 2 bridgehead atoms. The van der Waals surface area contributed by atoms with Crippen LogP contribution in [-0.4, -0.2) is 12.8 Å². The number of hydrogen-bond acceptors (Lipinski definition) is 2. The highest BCUT2D eigenvalue weighted by atomic mass is 32.1. The van der Waals surface area contributed by atoms with E-state index in [-0.39, 0.29) is 0 Å². The first kappa shape index (κ1) is 13.5. The van der Waals surface area contributed by atoms with Crippen molar-refractivity contribution in [3.63, 3.8) is 0 Å². The van der Waals surface area contributed by atoms with E-state index < -0.39 is 0 Å². The summed E-state index contributed by atoms with van der Waals surface area (Å²) in [6, 6.07) is 9.27. The Balaban J connectivity index is 1.84. The molecular formula is C19H23NS. The zero-order chi connectivity index (χ0) is 14.6. The van der Waals surface area contributed by atoms with Crippen LogP contribution in [0.1, 0.15) is 49.0 Å². The van der Waals surface area contributed by atoms with Crippen molar-refractivity contribution in [2.75, 3.05) is 7.05 Å². The van der Waals surface area contributed by atoms with Crippen LogP contribution in [0, 0.1) is 18.3 Å². The molecule has 2 saturated carbocycles. The SMILES string of the molecule is CN=C1CC2CCC(C)(C2)C1c1cc2cc(C)ccc2s1. The maximum Gasteiger partial charge on any atom is 0.0367 e. The molecule has 3 atom stereocenters.